The molecule has 0 aliphatic heterocycles. The van der Waals surface area contributed by atoms with Gasteiger partial charge < -0.3 is 10.4 Å². The van der Waals surface area contributed by atoms with Crippen LogP contribution in [0.25, 0.3) is 0 Å². The normalized spacial score (nSPS) is 13.8. The van der Waals surface area contributed by atoms with Crippen molar-refractivity contribution in [3.63, 3.8) is 0 Å². The molecule has 0 aliphatic carbocycles. The van der Waals surface area contributed by atoms with Crippen LogP contribution in [0.2, 0.25) is 0 Å². The summed E-state index contributed by atoms with van der Waals surface area (Å²) in [6.07, 6.45) is -0.00454. The zero-order chi connectivity index (χ0) is 9.07. The molecule has 0 aliphatic rings. The number of nitrogens with one attached hydrogen (secondary N) is 1. The SMILES string of the molecule is C=CC(=O)N[C@@H](O)C(Br)(Br)Br. The zero-order valence-electron chi connectivity index (χ0n) is 5.35. The summed E-state index contributed by atoms with van der Waals surface area (Å²) >= 11 is 9.11. The van der Waals surface area contributed by atoms with Crippen LogP contribution in [0.1, 0.15) is 0 Å². The fraction of sp³-hybridized carbons (Fsp3) is 0.400. The summed E-state index contributed by atoms with van der Waals surface area (Å²) in [5.41, 5.74) is 0. The number of carbonyl (C=O) groups is 1. The Bertz CT molecular complexity index is 166. The van der Waals surface area contributed by atoms with Crippen LogP contribution in [0.5, 0.6) is 0 Å². The first-order valence-electron chi connectivity index (χ1n) is 2.55. The number of rotatable bonds is 2. The third-order valence-corrected chi connectivity index (χ3v) is 2.08. The van der Waals surface area contributed by atoms with Gasteiger partial charge in [-0.2, -0.15) is 0 Å². The number of aliphatic hydroxyl groups excluding tert-OH is 1. The molecule has 3 nitrogen and oxygen atoms in total. The highest BCUT2D eigenvalue weighted by Crippen LogP contribution is 2.35. The van der Waals surface area contributed by atoms with E-state index in [-0.39, 0.29) is 0 Å². The maximum absolute atomic E-state index is 10.6. The van der Waals surface area contributed by atoms with E-state index in [1.807, 2.05) is 0 Å². The molecule has 0 bridgehead atoms. The molecule has 0 aromatic heterocycles. The number of aliphatic hydroxyl groups is 1. The highest BCUT2D eigenvalue weighted by atomic mass is 80.0. The zero-order valence-corrected chi connectivity index (χ0v) is 10.1. The Morgan fingerprint density at radius 3 is 2.36 bits per heavy atom. The summed E-state index contributed by atoms with van der Waals surface area (Å²) < 4.78 is -0.897. The Kier molecular flexibility index (Phi) is 4.85. The first-order chi connectivity index (χ1) is 4.88. The van der Waals surface area contributed by atoms with E-state index in [0.717, 1.165) is 6.08 Å². The van der Waals surface area contributed by atoms with Gasteiger partial charge in [-0.1, -0.05) is 54.4 Å². The Hall–Kier alpha value is 0.610. The molecule has 0 spiro atoms. The van der Waals surface area contributed by atoms with Gasteiger partial charge in [-0.05, 0) is 6.08 Å². The lowest BCUT2D eigenvalue weighted by atomic mass is 10.5. The number of carbonyl (C=O) groups excluding carboxylic acids is 1. The fourth-order valence-corrected chi connectivity index (χ4v) is 0.619. The topological polar surface area (TPSA) is 49.3 Å². The maximum atomic E-state index is 10.6. The van der Waals surface area contributed by atoms with Crippen LogP contribution in [0.15, 0.2) is 12.7 Å². The third-order valence-electron chi connectivity index (χ3n) is 0.774. The molecule has 6 heteroatoms. The summed E-state index contributed by atoms with van der Waals surface area (Å²) in [6, 6.07) is 0. The molecule has 1 amide bonds. The molecule has 0 rings (SSSR count). The van der Waals surface area contributed by atoms with E-state index in [0.29, 0.717) is 0 Å². The molecule has 0 saturated heterocycles. The Morgan fingerprint density at radius 2 is 2.09 bits per heavy atom. The van der Waals surface area contributed by atoms with Gasteiger partial charge in [-0.3, -0.25) is 4.79 Å². The minimum atomic E-state index is -1.08. The van der Waals surface area contributed by atoms with Gasteiger partial charge in [0.05, 0.1) is 0 Å². The van der Waals surface area contributed by atoms with Gasteiger partial charge in [-0.15, -0.1) is 0 Å². The van der Waals surface area contributed by atoms with Crippen LogP contribution in [0, 0.1) is 0 Å². The van der Waals surface area contributed by atoms with E-state index in [9.17, 15) is 4.79 Å². The van der Waals surface area contributed by atoms with Crippen LogP contribution in [0.3, 0.4) is 0 Å². The number of amides is 1. The lowest BCUT2D eigenvalue weighted by Gasteiger charge is -2.20. The molecule has 0 aromatic rings. The second-order valence-corrected chi connectivity index (χ2v) is 8.60. The van der Waals surface area contributed by atoms with Crippen molar-refractivity contribution in [2.45, 2.75) is 8.37 Å². The van der Waals surface area contributed by atoms with E-state index >= 15 is 0 Å². The minimum absolute atomic E-state index is 0.444. The highest BCUT2D eigenvalue weighted by molar-refractivity contribution is 9.39. The van der Waals surface area contributed by atoms with Crippen molar-refractivity contribution >= 4 is 53.7 Å². The van der Waals surface area contributed by atoms with E-state index in [2.05, 4.69) is 59.7 Å². The van der Waals surface area contributed by atoms with Crippen LogP contribution < -0.4 is 5.32 Å². The summed E-state index contributed by atoms with van der Waals surface area (Å²) in [6.45, 7) is 3.23. The monoisotopic (exact) mass is 349 g/mol. The first kappa shape index (κ1) is 11.6. The van der Waals surface area contributed by atoms with Crippen molar-refractivity contribution in [2.24, 2.45) is 0 Å². The standard InChI is InChI=1S/C5H6Br3NO2/c1-2-3(10)9-4(11)5(6,7)8/h2,4,11H,1H2,(H,9,10)/t4-/m0/s1. The van der Waals surface area contributed by atoms with E-state index in [4.69, 9.17) is 5.11 Å². The molecule has 0 heterocycles. The van der Waals surface area contributed by atoms with Crippen molar-refractivity contribution in [2.75, 3.05) is 0 Å². The smallest absolute Gasteiger partial charge is 0.245 e. The van der Waals surface area contributed by atoms with Gasteiger partial charge in [0.2, 0.25) is 5.91 Å². The largest absolute Gasteiger partial charge is 0.370 e. The predicted octanol–water partition coefficient (Wildman–Crippen LogP) is 1.45. The summed E-state index contributed by atoms with van der Waals surface area (Å²) in [5, 5.41) is 11.4. The molecule has 1 atom stereocenters. The highest BCUT2D eigenvalue weighted by Gasteiger charge is 2.29. The van der Waals surface area contributed by atoms with E-state index in [1.165, 1.54) is 0 Å². The van der Waals surface area contributed by atoms with Crippen molar-refractivity contribution in [3.8, 4) is 0 Å². The van der Waals surface area contributed by atoms with Gasteiger partial charge in [0, 0.05) is 0 Å². The van der Waals surface area contributed by atoms with Crippen LogP contribution in [-0.2, 0) is 4.79 Å². The average Bonchev–Trinajstić information content (AvgIpc) is 1.85. The lowest BCUT2D eigenvalue weighted by Crippen LogP contribution is -2.41. The van der Waals surface area contributed by atoms with E-state index in [1.54, 1.807) is 0 Å². The Morgan fingerprint density at radius 1 is 1.64 bits per heavy atom. The van der Waals surface area contributed by atoms with Crippen LogP contribution in [0.4, 0.5) is 0 Å². The molecule has 64 valence electrons. The molecule has 0 aromatic carbocycles. The van der Waals surface area contributed by atoms with Gasteiger partial charge in [0.15, 0.2) is 8.37 Å². The van der Waals surface area contributed by atoms with Gasteiger partial charge in [0.1, 0.15) is 0 Å². The number of hydrogen-bond donors (Lipinski definition) is 2. The molecular formula is C5H6Br3NO2. The Labute approximate surface area is 89.6 Å². The van der Waals surface area contributed by atoms with Crippen molar-refractivity contribution in [3.05, 3.63) is 12.7 Å². The van der Waals surface area contributed by atoms with E-state index < -0.39 is 14.3 Å². The molecule has 0 saturated carbocycles. The summed E-state index contributed by atoms with van der Waals surface area (Å²) in [4.78, 5) is 10.6. The molecule has 0 unspecified atom stereocenters. The number of hydrogen-bond acceptors (Lipinski definition) is 2. The third kappa shape index (κ3) is 4.95. The average molecular weight is 352 g/mol. The fourth-order valence-electron chi connectivity index (χ4n) is 0.276. The van der Waals surface area contributed by atoms with Crippen molar-refractivity contribution in [1.82, 2.24) is 5.32 Å². The van der Waals surface area contributed by atoms with Crippen LogP contribution in [-0.4, -0.2) is 19.4 Å². The van der Waals surface area contributed by atoms with Crippen molar-refractivity contribution in [1.29, 1.82) is 0 Å². The summed E-state index contributed by atoms with van der Waals surface area (Å²) in [5.74, 6) is -0.444. The second-order valence-electron chi connectivity index (χ2n) is 1.66. The van der Waals surface area contributed by atoms with Crippen LogP contribution >= 0.6 is 47.8 Å². The van der Waals surface area contributed by atoms with Gasteiger partial charge >= 0.3 is 0 Å². The quantitative estimate of drug-likeness (QED) is 0.449. The number of halogens is 3. The summed E-state index contributed by atoms with van der Waals surface area (Å²) in [7, 11) is 0. The lowest BCUT2D eigenvalue weighted by molar-refractivity contribution is -0.119. The molecule has 0 fully saturated rings. The van der Waals surface area contributed by atoms with Crippen molar-refractivity contribution < 1.29 is 9.90 Å². The molecule has 2 N–H and O–H groups in total. The number of alkyl halides is 3. The maximum Gasteiger partial charge on any atom is 0.245 e. The van der Waals surface area contributed by atoms with Gasteiger partial charge in [0.25, 0.3) is 0 Å². The van der Waals surface area contributed by atoms with Gasteiger partial charge in [-0.25, -0.2) is 0 Å². The second kappa shape index (κ2) is 4.59. The molecular weight excluding hydrogens is 346 g/mol. The predicted molar refractivity (Wildman–Crippen MR) is 53.9 cm³/mol. The molecule has 0 radical (unpaired) electrons. The Balaban J connectivity index is 3.97. The molecule has 11 heavy (non-hydrogen) atoms. The first-order valence-corrected chi connectivity index (χ1v) is 4.93. The minimum Gasteiger partial charge on any atom is -0.370 e.